The van der Waals surface area contributed by atoms with E-state index in [-0.39, 0.29) is 17.7 Å². The van der Waals surface area contributed by atoms with E-state index in [0.717, 1.165) is 11.3 Å². The van der Waals surface area contributed by atoms with Gasteiger partial charge in [0.1, 0.15) is 11.5 Å². The molecular formula is C20H17Cl2NO3. The van der Waals surface area contributed by atoms with Gasteiger partial charge in [0, 0.05) is 10.6 Å². The minimum Gasteiger partial charge on any atom is -0.497 e. The molecular weight excluding hydrogens is 373 g/mol. The standard InChI is InChI=1S/C20H17Cl2NO3/c1-12(13-3-6-15(25-2)7-4-13)23-20(24)19-10-9-18(26-19)16-11-14(21)5-8-17(16)22/h3-12H,1-2H3,(H,23,24). The molecule has 0 aliphatic rings. The van der Waals surface area contributed by atoms with Gasteiger partial charge in [-0.1, -0.05) is 35.3 Å². The smallest absolute Gasteiger partial charge is 0.287 e. The normalized spacial score (nSPS) is 11.8. The molecule has 0 saturated carbocycles. The van der Waals surface area contributed by atoms with E-state index in [1.807, 2.05) is 31.2 Å². The van der Waals surface area contributed by atoms with E-state index in [0.29, 0.717) is 21.4 Å². The number of ether oxygens (including phenoxy) is 1. The number of furan rings is 1. The molecule has 1 heterocycles. The van der Waals surface area contributed by atoms with E-state index in [2.05, 4.69) is 5.32 Å². The van der Waals surface area contributed by atoms with Gasteiger partial charge >= 0.3 is 0 Å². The van der Waals surface area contributed by atoms with Crippen LogP contribution in [-0.2, 0) is 0 Å². The van der Waals surface area contributed by atoms with Crippen molar-refractivity contribution < 1.29 is 13.9 Å². The molecule has 0 spiro atoms. The Morgan fingerprint density at radius 1 is 1.08 bits per heavy atom. The van der Waals surface area contributed by atoms with Crippen LogP contribution < -0.4 is 10.1 Å². The number of nitrogens with one attached hydrogen (secondary N) is 1. The van der Waals surface area contributed by atoms with Crippen molar-refractivity contribution in [1.29, 1.82) is 0 Å². The zero-order chi connectivity index (χ0) is 18.7. The molecule has 0 bridgehead atoms. The van der Waals surface area contributed by atoms with E-state index >= 15 is 0 Å². The number of methoxy groups -OCH3 is 1. The van der Waals surface area contributed by atoms with Gasteiger partial charge in [-0.05, 0) is 55.0 Å². The maximum atomic E-state index is 12.5. The van der Waals surface area contributed by atoms with Crippen LogP contribution in [0, 0.1) is 0 Å². The predicted molar refractivity (Wildman–Crippen MR) is 103 cm³/mol. The Kier molecular flexibility index (Phi) is 5.55. The van der Waals surface area contributed by atoms with Crippen LogP contribution in [0.3, 0.4) is 0 Å². The van der Waals surface area contributed by atoms with Gasteiger partial charge in [-0.15, -0.1) is 0 Å². The minimum atomic E-state index is -0.308. The zero-order valence-electron chi connectivity index (χ0n) is 14.3. The van der Waals surface area contributed by atoms with Crippen LogP contribution in [0.25, 0.3) is 11.3 Å². The summed E-state index contributed by atoms with van der Waals surface area (Å²) in [5.41, 5.74) is 1.60. The van der Waals surface area contributed by atoms with Crippen molar-refractivity contribution in [2.75, 3.05) is 7.11 Å². The van der Waals surface area contributed by atoms with Crippen molar-refractivity contribution in [2.24, 2.45) is 0 Å². The average molecular weight is 390 g/mol. The van der Waals surface area contributed by atoms with Gasteiger partial charge in [0.15, 0.2) is 5.76 Å². The number of carbonyl (C=O) groups excluding carboxylic acids is 1. The quantitative estimate of drug-likeness (QED) is 0.603. The topological polar surface area (TPSA) is 51.5 Å². The molecule has 0 fully saturated rings. The second kappa shape index (κ2) is 7.85. The molecule has 1 atom stereocenters. The first-order valence-electron chi connectivity index (χ1n) is 7.98. The fraction of sp³-hybridized carbons (Fsp3) is 0.150. The Morgan fingerprint density at radius 3 is 2.50 bits per heavy atom. The van der Waals surface area contributed by atoms with Gasteiger partial charge in [-0.2, -0.15) is 0 Å². The third-order valence-corrected chi connectivity index (χ3v) is 4.55. The summed E-state index contributed by atoms with van der Waals surface area (Å²) in [5, 5.41) is 3.95. The molecule has 3 rings (SSSR count). The van der Waals surface area contributed by atoms with Gasteiger partial charge in [0.25, 0.3) is 5.91 Å². The van der Waals surface area contributed by atoms with Crippen LogP contribution in [0.1, 0.15) is 29.1 Å². The Hall–Kier alpha value is -2.43. The Bertz CT molecular complexity index is 919. The van der Waals surface area contributed by atoms with Crippen molar-refractivity contribution in [1.82, 2.24) is 5.32 Å². The van der Waals surface area contributed by atoms with Crippen molar-refractivity contribution in [3.05, 3.63) is 76.0 Å². The lowest BCUT2D eigenvalue weighted by Gasteiger charge is -2.13. The molecule has 134 valence electrons. The van der Waals surface area contributed by atoms with Crippen molar-refractivity contribution in [2.45, 2.75) is 13.0 Å². The maximum absolute atomic E-state index is 12.5. The summed E-state index contributed by atoms with van der Waals surface area (Å²) in [6, 6.07) is 15.7. The second-order valence-electron chi connectivity index (χ2n) is 5.76. The summed E-state index contributed by atoms with van der Waals surface area (Å²) in [7, 11) is 1.61. The number of halogens is 2. The van der Waals surface area contributed by atoms with E-state index < -0.39 is 0 Å². The van der Waals surface area contributed by atoms with Crippen LogP contribution in [0.5, 0.6) is 5.75 Å². The molecule has 0 aliphatic heterocycles. The summed E-state index contributed by atoms with van der Waals surface area (Å²) < 4.78 is 10.8. The predicted octanol–water partition coefficient (Wildman–Crippen LogP) is 5.75. The molecule has 26 heavy (non-hydrogen) atoms. The van der Waals surface area contributed by atoms with Gasteiger partial charge in [-0.3, -0.25) is 4.79 Å². The van der Waals surface area contributed by atoms with E-state index in [9.17, 15) is 4.79 Å². The number of benzene rings is 2. The fourth-order valence-electron chi connectivity index (χ4n) is 2.53. The highest BCUT2D eigenvalue weighted by molar-refractivity contribution is 6.35. The lowest BCUT2D eigenvalue weighted by molar-refractivity contribution is 0.0912. The highest BCUT2D eigenvalue weighted by Crippen LogP contribution is 2.32. The average Bonchev–Trinajstić information content (AvgIpc) is 3.14. The summed E-state index contributed by atoms with van der Waals surface area (Å²) in [6.45, 7) is 1.90. The molecule has 1 N–H and O–H groups in total. The first-order chi connectivity index (χ1) is 12.5. The third-order valence-electron chi connectivity index (χ3n) is 3.99. The maximum Gasteiger partial charge on any atom is 0.287 e. The first-order valence-corrected chi connectivity index (χ1v) is 8.73. The van der Waals surface area contributed by atoms with E-state index in [4.69, 9.17) is 32.4 Å². The van der Waals surface area contributed by atoms with Crippen molar-refractivity contribution in [3.8, 4) is 17.1 Å². The van der Waals surface area contributed by atoms with Gasteiger partial charge in [-0.25, -0.2) is 0 Å². The zero-order valence-corrected chi connectivity index (χ0v) is 15.8. The number of hydrogen-bond donors (Lipinski definition) is 1. The van der Waals surface area contributed by atoms with Crippen LogP contribution >= 0.6 is 23.2 Å². The largest absolute Gasteiger partial charge is 0.497 e. The van der Waals surface area contributed by atoms with E-state index in [1.165, 1.54) is 0 Å². The Morgan fingerprint density at radius 2 is 1.81 bits per heavy atom. The lowest BCUT2D eigenvalue weighted by Crippen LogP contribution is -2.26. The molecule has 3 aromatic rings. The molecule has 1 amide bonds. The van der Waals surface area contributed by atoms with Crippen LogP contribution in [-0.4, -0.2) is 13.0 Å². The number of rotatable bonds is 5. The lowest BCUT2D eigenvalue weighted by atomic mass is 10.1. The van der Waals surface area contributed by atoms with Crippen molar-refractivity contribution >= 4 is 29.1 Å². The number of carbonyl (C=O) groups is 1. The summed E-state index contributed by atoms with van der Waals surface area (Å²) >= 11 is 12.2. The molecule has 0 saturated heterocycles. The molecule has 4 nitrogen and oxygen atoms in total. The Labute approximate surface area is 161 Å². The summed E-state index contributed by atoms with van der Waals surface area (Å²) in [6.07, 6.45) is 0. The number of amides is 1. The Balaban J connectivity index is 1.74. The summed E-state index contributed by atoms with van der Waals surface area (Å²) in [5.74, 6) is 1.15. The van der Waals surface area contributed by atoms with Crippen LogP contribution in [0.15, 0.2) is 59.0 Å². The molecule has 0 radical (unpaired) electrons. The third kappa shape index (κ3) is 4.03. The molecule has 1 unspecified atom stereocenters. The van der Waals surface area contributed by atoms with Crippen molar-refractivity contribution in [3.63, 3.8) is 0 Å². The molecule has 6 heteroatoms. The molecule has 0 aliphatic carbocycles. The summed E-state index contributed by atoms with van der Waals surface area (Å²) in [4.78, 5) is 12.5. The highest BCUT2D eigenvalue weighted by Gasteiger charge is 2.17. The minimum absolute atomic E-state index is 0.184. The van der Waals surface area contributed by atoms with Gasteiger partial charge in [0.05, 0.1) is 18.2 Å². The number of hydrogen-bond acceptors (Lipinski definition) is 3. The molecule has 1 aromatic heterocycles. The highest BCUT2D eigenvalue weighted by atomic mass is 35.5. The fourth-order valence-corrected chi connectivity index (χ4v) is 2.92. The SMILES string of the molecule is COc1ccc(C(C)NC(=O)c2ccc(-c3cc(Cl)ccc3Cl)o2)cc1. The monoisotopic (exact) mass is 389 g/mol. The van der Waals surface area contributed by atoms with Crippen LogP contribution in [0.4, 0.5) is 0 Å². The van der Waals surface area contributed by atoms with Gasteiger partial charge in [0.2, 0.25) is 0 Å². The first kappa shape index (κ1) is 18.4. The van der Waals surface area contributed by atoms with E-state index in [1.54, 1.807) is 37.4 Å². The van der Waals surface area contributed by atoms with Crippen LogP contribution in [0.2, 0.25) is 10.0 Å². The van der Waals surface area contributed by atoms with Gasteiger partial charge < -0.3 is 14.5 Å². The second-order valence-corrected chi connectivity index (χ2v) is 6.60. The molecule has 2 aromatic carbocycles.